The molecule has 1 saturated heterocycles. The van der Waals surface area contributed by atoms with Gasteiger partial charge in [-0.25, -0.2) is 4.39 Å². The van der Waals surface area contributed by atoms with Gasteiger partial charge < -0.3 is 10.2 Å². The quantitative estimate of drug-likeness (QED) is 0.472. The van der Waals surface area contributed by atoms with Crippen LogP contribution in [0.15, 0.2) is 52.9 Å². The Labute approximate surface area is 199 Å². The number of piperazine rings is 1. The van der Waals surface area contributed by atoms with E-state index in [2.05, 4.69) is 20.4 Å². The Balaban J connectivity index is 1.20. The van der Waals surface area contributed by atoms with Crippen molar-refractivity contribution in [2.75, 3.05) is 37.2 Å². The fourth-order valence-corrected chi connectivity index (χ4v) is 5.26. The Kier molecular flexibility index (Phi) is 7.96. The van der Waals surface area contributed by atoms with E-state index in [1.54, 1.807) is 12.1 Å². The molecule has 1 aliphatic rings. The number of benzene rings is 2. The molecule has 2 heterocycles. The molecule has 6 nitrogen and oxygen atoms in total. The van der Waals surface area contributed by atoms with Crippen LogP contribution in [0.5, 0.6) is 0 Å². The molecular formula is C22H23ClFN5OS2. The molecule has 1 aliphatic heterocycles. The van der Waals surface area contributed by atoms with Gasteiger partial charge in [0, 0.05) is 49.9 Å². The molecule has 0 bridgehead atoms. The molecule has 1 N–H and O–H groups in total. The predicted molar refractivity (Wildman–Crippen MR) is 128 cm³/mol. The van der Waals surface area contributed by atoms with Gasteiger partial charge in [-0.3, -0.25) is 9.69 Å². The van der Waals surface area contributed by atoms with E-state index in [0.29, 0.717) is 55.6 Å². The molecule has 10 heteroatoms. The third-order valence-corrected chi connectivity index (χ3v) is 7.53. The summed E-state index contributed by atoms with van der Waals surface area (Å²) in [5.41, 5.74) is 1.68. The minimum atomic E-state index is -0.290. The number of carbonyl (C=O) groups is 1. The standard InChI is InChI=1S/C22H23ClFN5OS2/c23-18-7-4-8-19(24)17(18)14-28-9-11-29(12-10-28)20(30)15-31-22-27-26-21(32-22)25-13-16-5-2-1-3-6-16/h1-8H,9-15H2,(H,25,26). The van der Waals surface area contributed by atoms with E-state index in [-0.39, 0.29) is 11.7 Å². The average molecular weight is 492 g/mol. The summed E-state index contributed by atoms with van der Waals surface area (Å²) < 4.78 is 14.8. The summed E-state index contributed by atoms with van der Waals surface area (Å²) in [6.07, 6.45) is 0. The molecule has 0 atom stereocenters. The minimum absolute atomic E-state index is 0.0765. The van der Waals surface area contributed by atoms with Gasteiger partial charge in [-0.1, -0.05) is 71.1 Å². The zero-order valence-corrected chi connectivity index (χ0v) is 19.7. The molecule has 168 valence electrons. The first-order chi connectivity index (χ1) is 15.6. The highest BCUT2D eigenvalue weighted by molar-refractivity contribution is 8.01. The lowest BCUT2D eigenvalue weighted by atomic mass is 10.2. The summed E-state index contributed by atoms with van der Waals surface area (Å²) in [5, 5.41) is 12.8. The van der Waals surface area contributed by atoms with E-state index >= 15 is 0 Å². The van der Waals surface area contributed by atoms with Crippen molar-refractivity contribution in [1.29, 1.82) is 0 Å². The van der Waals surface area contributed by atoms with Gasteiger partial charge >= 0.3 is 0 Å². The van der Waals surface area contributed by atoms with Crippen LogP contribution in [0, 0.1) is 5.82 Å². The largest absolute Gasteiger partial charge is 0.356 e. The smallest absolute Gasteiger partial charge is 0.233 e. The van der Waals surface area contributed by atoms with E-state index in [4.69, 9.17) is 11.6 Å². The number of aromatic nitrogens is 2. The Morgan fingerprint density at radius 1 is 1.09 bits per heavy atom. The van der Waals surface area contributed by atoms with Crippen molar-refractivity contribution >= 4 is 45.7 Å². The number of hydrogen-bond acceptors (Lipinski definition) is 7. The highest BCUT2D eigenvalue weighted by Gasteiger charge is 2.23. The van der Waals surface area contributed by atoms with Crippen LogP contribution in [0.2, 0.25) is 5.02 Å². The van der Waals surface area contributed by atoms with E-state index in [1.807, 2.05) is 35.2 Å². The van der Waals surface area contributed by atoms with E-state index in [0.717, 1.165) is 9.47 Å². The average Bonchev–Trinajstić information content (AvgIpc) is 3.28. The fraction of sp³-hybridized carbons (Fsp3) is 0.318. The van der Waals surface area contributed by atoms with Gasteiger partial charge in [0.25, 0.3) is 0 Å². The summed E-state index contributed by atoms with van der Waals surface area (Å²) in [6, 6.07) is 14.8. The molecule has 32 heavy (non-hydrogen) atoms. The van der Waals surface area contributed by atoms with Gasteiger partial charge in [0.2, 0.25) is 11.0 Å². The highest BCUT2D eigenvalue weighted by Crippen LogP contribution is 2.26. The Hall–Kier alpha value is -2.20. The van der Waals surface area contributed by atoms with Crippen LogP contribution in [-0.4, -0.2) is 57.8 Å². The number of thioether (sulfide) groups is 1. The zero-order valence-electron chi connectivity index (χ0n) is 17.3. The number of nitrogens with one attached hydrogen (secondary N) is 1. The van der Waals surface area contributed by atoms with Crippen molar-refractivity contribution < 1.29 is 9.18 Å². The van der Waals surface area contributed by atoms with Crippen molar-refractivity contribution in [3.8, 4) is 0 Å². The maximum absolute atomic E-state index is 14.0. The summed E-state index contributed by atoms with van der Waals surface area (Å²) in [5.74, 6) is 0.113. The highest BCUT2D eigenvalue weighted by atomic mass is 35.5. The SMILES string of the molecule is O=C(CSc1nnc(NCc2ccccc2)s1)N1CCN(Cc2c(F)cccc2Cl)CC1. The molecule has 0 spiro atoms. The zero-order chi connectivity index (χ0) is 22.3. The van der Waals surface area contributed by atoms with Gasteiger partial charge in [0.05, 0.1) is 5.75 Å². The lowest BCUT2D eigenvalue weighted by molar-refractivity contribution is -0.130. The first-order valence-electron chi connectivity index (χ1n) is 10.3. The van der Waals surface area contributed by atoms with Crippen molar-refractivity contribution in [2.45, 2.75) is 17.4 Å². The molecule has 0 aliphatic carbocycles. The van der Waals surface area contributed by atoms with Gasteiger partial charge in [-0.2, -0.15) is 0 Å². The van der Waals surface area contributed by atoms with E-state index < -0.39 is 0 Å². The molecule has 0 radical (unpaired) electrons. The number of carbonyl (C=O) groups excluding carboxylic acids is 1. The van der Waals surface area contributed by atoms with Crippen molar-refractivity contribution in [3.05, 3.63) is 70.5 Å². The molecule has 2 aromatic carbocycles. The van der Waals surface area contributed by atoms with Gasteiger partial charge in [-0.15, -0.1) is 10.2 Å². The van der Waals surface area contributed by atoms with Crippen molar-refractivity contribution in [1.82, 2.24) is 20.0 Å². The maximum atomic E-state index is 14.0. The normalized spacial score (nSPS) is 14.5. The monoisotopic (exact) mass is 491 g/mol. The number of halogens is 2. The summed E-state index contributed by atoms with van der Waals surface area (Å²) in [4.78, 5) is 16.6. The molecule has 1 amide bonds. The number of amides is 1. The summed E-state index contributed by atoms with van der Waals surface area (Å²) in [6.45, 7) is 3.74. The second-order valence-electron chi connectivity index (χ2n) is 7.36. The van der Waals surface area contributed by atoms with E-state index in [9.17, 15) is 9.18 Å². The lowest BCUT2D eigenvalue weighted by Crippen LogP contribution is -2.48. The second-order valence-corrected chi connectivity index (χ2v) is 9.97. The fourth-order valence-electron chi connectivity index (χ4n) is 3.39. The number of nitrogens with zero attached hydrogens (tertiary/aromatic N) is 4. The molecule has 0 saturated carbocycles. The molecule has 1 aromatic heterocycles. The minimum Gasteiger partial charge on any atom is -0.356 e. The Bertz CT molecular complexity index is 1020. The van der Waals surface area contributed by atoms with Gasteiger partial charge in [0.1, 0.15) is 5.82 Å². The second kappa shape index (κ2) is 11.1. The lowest BCUT2D eigenvalue weighted by Gasteiger charge is -2.34. The molecule has 4 rings (SSSR count). The third kappa shape index (κ3) is 6.19. The first-order valence-corrected chi connectivity index (χ1v) is 12.4. The third-order valence-electron chi connectivity index (χ3n) is 5.18. The number of anilines is 1. The predicted octanol–water partition coefficient (Wildman–Crippen LogP) is 4.38. The maximum Gasteiger partial charge on any atom is 0.233 e. The van der Waals surface area contributed by atoms with Crippen LogP contribution in [0.3, 0.4) is 0 Å². The van der Waals surface area contributed by atoms with Gasteiger partial charge in [0.15, 0.2) is 4.34 Å². The van der Waals surface area contributed by atoms with Crippen LogP contribution in [0.4, 0.5) is 9.52 Å². The Morgan fingerprint density at radius 2 is 1.88 bits per heavy atom. The van der Waals surface area contributed by atoms with Crippen molar-refractivity contribution in [3.63, 3.8) is 0 Å². The topological polar surface area (TPSA) is 61.4 Å². The number of rotatable bonds is 8. The molecule has 1 fully saturated rings. The molecule has 0 unspecified atom stereocenters. The van der Waals surface area contributed by atoms with Crippen LogP contribution in [0.1, 0.15) is 11.1 Å². The molecular weight excluding hydrogens is 469 g/mol. The van der Waals surface area contributed by atoms with Crippen LogP contribution in [-0.2, 0) is 17.9 Å². The number of hydrogen-bond donors (Lipinski definition) is 1. The van der Waals surface area contributed by atoms with Crippen molar-refractivity contribution in [2.24, 2.45) is 0 Å². The van der Waals surface area contributed by atoms with Crippen LogP contribution >= 0.6 is 34.7 Å². The first kappa shape index (κ1) is 23.0. The van der Waals surface area contributed by atoms with Crippen LogP contribution in [0.25, 0.3) is 0 Å². The van der Waals surface area contributed by atoms with Crippen LogP contribution < -0.4 is 5.32 Å². The van der Waals surface area contributed by atoms with E-state index in [1.165, 1.54) is 34.7 Å². The Morgan fingerprint density at radius 3 is 2.62 bits per heavy atom. The van der Waals surface area contributed by atoms with Gasteiger partial charge in [-0.05, 0) is 17.7 Å². The summed E-state index contributed by atoms with van der Waals surface area (Å²) >= 11 is 8.98. The molecule has 3 aromatic rings. The summed E-state index contributed by atoms with van der Waals surface area (Å²) in [7, 11) is 0.